The molecule has 0 aliphatic rings. The lowest BCUT2D eigenvalue weighted by Crippen LogP contribution is -2.32. The van der Waals surface area contributed by atoms with Gasteiger partial charge in [-0.3, -0.25) is 0 Å². The third kappa shape index (κ3) is 17.6. The largest absolute Gasteiger partial charge is 0.256 e. The summed E-state index contributed by atoms with van der Waals surface area (Å²) in [6.07, 6.45) is 40.2. The number of rotatable bonds is 26. The molecule has 0 bridgehead atoms. The van der Waals surface area contributed by atoms with Crippen molar-refractivity contribution in [3.63, 3.8) is 0 Å². The highest BCUT2D eigenvalue weighted by Gasteiger charge is 2.13. The van der Waals surface area contributed by atoms with Gasteiger partial charge in [0.15, 0.2) is 0 Å². The minimum atomic E-state index is 1.21. The topological polar surface area (TPSA) is 8.81 Å². The van der Waals surface area contributed by atoms with Gasteiger partial charge in [-0.25, -0.2) is 9.13 Å². The standard InChI is InChI=1S/C32H63N2/c1-4-6-8-10-12-14-16-17-18-19-21-23-25-27-29-34-31-30-33(3)32(34)28-26-24-22-20-15-13-11-9-7-5-2/h30-31H,4-29H2,1-3H3/q+1. The van der Waals surface area contributed by atoms with Crippen LogP contribution in [0.3, 0.4) is 0 Å². The van der Waals surface area contributed by atoms with Crippen LogP contribution in [-0.2, 0) is 20.0 Å². The maximum atomic E-state index is 2.54. The minimum Gasteiger partial charge on any atom is -0.237 e. The summed E-state index contributed by atoms with van der Waals surface area (Å²) >= 11 is 0. The highest BCUT2D eigenvalue weighted by molar-refractivity contribution is 4.84. The van der Waals surface area contributed by atoms with E-state index >= 15 is 0 Å². The third-order valence-corrected chi connectivity index (χ3v) is 7.72. The number of imidazole rings is 1. The van der Waals surface area contributed by atoms with Gasteiger partial charge in [-0.2, -0.15) is 0 Å². The molecule has 0 N–H and O–H groups in total. The van der Waals surface area contributed by atoms with E-state index in [1.54, 1.807) is 0 Å². The smallest absolute Gasteiger partial charge is 0.237 e. The SMILES string of the molecule is CCCCCCCCCCCCCCCCn1cc[n+](C)c1CCCCCCCCCCCC. The summed E-state index contributed by atoms with van der Waals surface area (Å²) in [7, 11) is 2.23. The van der Waals surface area contributed by atoms with Gasteiger partial charge in [0.05, 0.1) is 13.6 Å². The van der Waals surface area contributed by atoms with Gasteiger partial charge in [-0.05, 0) is 19.3 Å². The predicted octanol–water partition coefficient (Wildman–Crippen LogP) is 10.3. The molecule has 200 valence electrons. The molecule has 1 aromatic heterocycles. The van der Waals surface area contributed by atoms with E-state index in [1.165, 1.54) is 173 Å². The van der Waals surface area contributed by atoms with Crippen molar-refractivity contribution in [2.45, 2.75) is 181 Å². The first-order valence-corrected chi connectivity index (χ1v) is 15.8. The average molecular weight is 476 g/mol. The zero-order chi connectivity index (χ0) is 24.5. The van der Waals surface area contributed by atoms with E-state index in [4.69, 9.17) is 0 Å². The average Bonchev–Trinajstić information content (AvgIpc) is 3.19. The molecule has 0 saturated heterocycles. The van der Waals surface area contributed by atoms with Crippen molar-refractivity contribution < 1.29 is 4.57 Å². The summed E-state index contributed by atoms with van der Waals surface area (Å²) in [4.78, 5) is 0. The van der Waals surface area contributed by atoms with Gasteiger partial charge in [0, 0.05) is 6.42 Å². The number of hydrogen-bond acceptors (Lipinski definition) is 0. The van der Waals surface area contributed by atoms with Crippen LogP contribution in [0.25, 0.3) is 0 Å². The van der Waals surface area contributed by atoms with Crippen LogP contribution >= 0.6 is 0 Å². The fourth-order valence-corrected chi connectivity index (χ4v) is 5.33. The van der Waals surface area contributed by atoms with Gasteiger partial charge in [-0.1, -0.05) is 149 Å². The second-order valence-electron chi connectivity index (χ2n) is 11.0. The number of aryl methyl sites for hydroxylation is 2. The van der Waals surface area contributed by atoms with Crippen LogP contribution in [0, 0.1) is 0 Å². The van der Waals surface area contributed by atoms with Crippen LogP contribution in [0.2, 0.25) is 0 Å². The van der Waals surface area contributed by atoms with Gasteiger partial charge < -0.3 is 0 Å². The van der Waals surface area contributed by atoms with Crippen LogP contribution in [0.1, 0.15) is 174 Å². The normalized spacial score (nSPS) is 11.5. The number of nitrogens with zero attached hydrogens (tertiary/aromatic N) is 2. The summed E-state index contributed by atoms with van der Waals surface area (Å²) < 4.78 is 4.89. The fourth-order valence-electron chi connectivity index (χ4n) is 5.33. The first-order valence-electron chi connectivity index (χ1n) is 15.8. The Hall–Kier alpha value is -0.790. The van der Waals surface area contributed by atoms with E-state index in [0.29, 0.717) is 0 Å². The van der Waals surface area contributed by atoms with Crippen molar-refractivity contribution in [1.82, 2.24) is 4.57 Å². The zero-order valence-electron chi connectivity index (χ0n) is 23.9. The second kappa shape index (κ2) is 23.9. The van der Waals surface area contributed by atoms with Gasteiger partial charge >= 0.3 is 0 Å². The van der Waals surface area contributed by atoms with E-state index in [-0.39, 0.29) is 0 Å². The monoisotopic (exact) mass is 475 g/mol. The molecule has 1 aromatic rings. The summed E-state index contributed by atoms with van der Waals surface area (Å²) in [5.74, 6) is 1.54. The van der Waals surface area contributed by atoms with Crippen LogP contribution < -0.4 is 4.57 Å². The maximum absolute atomic E-state index is 2.54. The van der Waals surface area contributed by atoms with Crippen molar-refractivity contribution in [2.75, 3.05) is 0 Å². The Balaban J connectivity index is 1.96. The molecule has 34 heavy (non-hydrogen) atoms. The first kappa shape index (κ1) is 31.2. The Morgan fingerprint density at radius 2 is 0.853 bits per heavy atom. The van der Waals surface area contributed by atoms with E-state index in [9.17, 15) is 0 Å². The van der Waals surface area contributed by atoms with E-state index in [1.807, 2.05) is 0 Å². The van der Waals surface area contributed by atoms with E-state index in [0.717, 1.165) is 0 Å². The number of aromatic nitrogens is 2. The molecule has 0 aromatic carbocycles. The van der Waals surface area contributed by atoms with E-state index < -0.39 is 0 Å². The summed E-state index contributed by atoms with van der Waals surface area (Å²) in [6.45, 7) is 5.82. The van der Waals surface area contributed by atoms with E-state index in [2.05, 4.69) is 42.4 Å². The summed E-state index contributed by atoms with van der Waals surface area (Å²) in [5, 5.41) is 0. The Labute approximate surface area is 215 Å². The van der Waals surface area contributed by atoms with Crippen LogP contribution in [-0.4, -0.2) is 4.57 Å². The molecule has 0 amide bonds. The molecule has 1 heterocycles. The molecule has 0 spiro atoms. The van der Waals surface area contributed by atoms with Gasteiger partial charge in [0.1, 0.15) is 12.4 Å². The van der Waals surface area contributed by atoms with Crippen LogP contribution in [0.15, 0.2) is 12.4 Å². The highest BCUT2D eigenvalue weighted by Crippen LogP contribution is 2.14. The van der Waals surface area contributed by atoms with Crippen molar-refractivity contribution in [3.05, 3.63) is 18.2 Å². The van der Waals surface area contributed by atoms with Crippen molar-refractivity contribution in [2.24, 2.45) is 7.05 Å². The minimum absolute atomic E-state index is 1.21. The number of hydrogen-bond donors (Lipinski definition) is 0. The molecular formula is C32H63N2+. The Morgan fingerprint density at radius 3 is 1.26 bits per heavy atom. The molecule has 0 aliphatic carbocycles. The molecule has 0 aliphatic heterocycles. The number of unbranched alkanes of at least 4 members (excludes halogenated alkanes) is 22. The highest BCUT2D eigenvalue weighted by atomic mass is 15.1. The fraction of sp³-hybridized carbons (Fsp3) is 0.906. The Kier molecular flexibility index (Phi) is 22.0. The van der Waals surface area contributed by atoms with Gasteiger partial charge in [0.25, 0.3) is 5.82 Å². The first-order chi connectivity index (χ1) is 16.8. The summed E-state index contributed by atoms with van der Waals surface area (Å²) in [5.41, 5.74) is 0. The molecule has 0 atom stereocenters. The van der Waals surface area contributed by atoms with Crippen LogP contribution in [0.5, 0.6) is 0 Å². The van der Waals surface area contributed by atoms with Crippen LogP contribution in [0.4, 0.5) is 0 Å². The molecular weight excluding hydrogens is 412 g/mol. The molecule has 0 saturated carbocycles. The maximum Gasteiger partial charge on any atom is 0.256 e. The van der Waals surface area contributed by atoms with Gasteiger partial charge in [0.2, 0.25) is 0 Å². The lowest BCUT2D eigenvalue weighted by Gasteiger charge is -2.05. The molecule has 0 unspecified atom stereocenters. The molecule has 0 fully saturated rings. The predicted molar refractivity (Wildman–Crippen MR) is 151 cm³/mol. The molecule has 2 nitrogen and oxygen atoms in total. The lowest BCUT2D eigenvalue weighted by molar-refractivity contribution is -0.678. The lowest BCUT2D eigenvalue weighted by atomic mass is 10.0. The molecule has 0 radical (unpaired) electrons. The third-order valence-electron chi connectivity index (χ3n) is 7.72. The van der Waals surface area contributed by atoms with Crippen molar-refractivity contribution >= 4 is 0 Å². The second-order valence-corrected chi connectivity index (χ2v) is 11.0. The van der Waals surface area contributed by atoms with Crippen molar-refractivity contribution in [1.29, 1.82) is 0 Å². The molecule has 1 rings (SSSR count). The Morgan fingerprint density at radius 1 is 0.500 bits per heavy atom. The quantitative estimate of drug-likeness (QED) is 0.0930. The summed E-state index contributed by atoms with van der Waals surface area (Å²) in [6, 6.07) is 0. The Bertz CT molecular complexity index is 533. The zero-order valence-corrected chi connectivity index (χ0v) is 23.9. The van der Waals surface area contributed by atoms with Crippen molar-refractivity contribution in [3.8, 4) is 0 Å². The van der Waals surface area contributed by atoms with Gasteiger partial charge in [-0.15, -0.1) is 0 Å². The molecule has 2 heteroatoms.